The SMILES string of the molecule is CCOC(=O)/C(C)=C1\CCCP(c2ccccc2)(c2ccccc2)(c2ccccc2)C1. The van der Waals surface area contributed by atoms with Gasteiger partial charge in [0.05, 0.1) is 0 Å². The fourth-order valence-electron chi connectivity index (χ4n) is 5.38. The van der Waals surface area contributed by atoms with Crippen molar-refractivity contribution in [3.8, 4) is 0 Å². The van der Waals surface area contributed by atoms with Gasteiger partial charge >= 0.3 is 186 Å². The number of rotatable bonds is 5. The van der Waals surface area contributed by atoms with Crippen molar-refractivity contribution in [1.82, 2.24) is 0 Å². The second-order valence-corrected chi connectivity index (χ2v) is 13.8. The molecule has 0 atom stereocenters. The number of allylic oxidation sites excluding steroid dienone is 1. The van der Waals surface area contributed by atoms with E-state index in [-0.39, 0.29) is 5.97 Å². The summed E-state index contributed by atoms with van der Waals surface area (Å²) in [5.41, 5.74) is 2.04. The van der Waals surface area contributed by atoms with Crippen LogP contribution in [0.5, 0.6) is 0 Å². The molecule has 1 fully saturated rings. The molecule has 160 valence electrons. The van der Waals surface area contributed by atoms with E-state index in [2.05, 4.69) is 91.0 Å². The van der Waals surface area contributed by atoms with Crippen LogP contribution in [0.1, 0.15) is 26.7 Å². The van der Waals surface area contributed by atoms with Crippen LogP contribution < -0.4 is 15.9 Å². The average Bonchev–Trinajstić information content (AvgIpc) is 2.85. The molecule has 4 rings (SSSR count). The van der Waals surface area contributed by atoms with Crippen LogP contribution in [0, 0.1) is 0 Å². The summed E-state index contributed by atoms with van der Waals surface area (Å²) in [6.07, 6.45) is 4.02. The van der Waals surface area contributed by atoms with Gasteiger partial charge in [-0.25, -0.2) is 0 Å². The Labute approximate surface area is 185 Å². The van der Waals surface area contributed by atoms with E-state index in [1.54, 1.807) is 0 Å². The Kier molecular flexibility index (Phi) is 6.12. The molecule has 0 bridgehead atoms. The van der Waals surface area contributed by atoms with Crippen LogP contribution in [-0.2, 0) is 9.53 Å². The number of hydrogen-bond donors (Lipinski definition) is 0. The molecule has 0 N–H and O–H groups in total. The molecule has 0 radical (unpaired) electrons. The summed E-state index contributed by atoms with van der Waals surface area (Å²) >= 11 is 0. The van der Waals surface area contributed by atoms with Crippen molar-refractivity contribution >= 4 is 28.5 Å². The molecular formula is C28H31O2P. The van der Waals surface area contributed by atoms with Gasteiger partial charge in [0.1, 0.15) is 0 Å². The van der Waals surface area contributed by atoms with Gasteiger partial charge in [-0.15, -0.1) is 0 Å². The van der Waals surface area contributed by atoms with Crippen LogP contribution >= 0.6 is 6.60 Å². The van der Waals surface area contributed by atoms with Gasteiger partial charge in [0.25, 0.3) is 0 Å². The molecule has 3 aromatic carbocycles. The summed E-state index contributed by atoms with van der Waals surface area (Å²) in [6.45, 7) is 1.38. The van der Waals surface area contributed by atoms with E-state index in [4.69, 9.17) is 4.74 Å². The van der Waals surface area contributed by atoms with Crippen molar-refractivity contribution in [2.75, 3.05) is 18.9 Å². The van der Waals surface area contributed by atoms with Crippen molar-refractivity contribution in [1.29, 1.82) is 0 Å². The topological polar surface area (TPSA) is 26.3 Å². The van der Waals surface area contributed by atoms with Gasteiger partial charge in [0.2, 0.25) is 0 Å². The minimum absolute atomic E-state index is 0.176. The Hall–Kier alpha value is -2.70. The number of benzene rings is 3. The van der Waals surface area contributed by atoms with Crippen molar-refractivity contribution in [3.05, 3.63) is 102 Å². The number of ether oxygens (including phenoxy) is 1. The molecule has 3 aromatic rings. The zero-order chi connectivity index (χ0) is 21.8. The first kappa shape index (κ1) is 21.5. The van der Waals surface area contributed by atoms with Crippen LogP contribution in [0.2, 0.25) is 0 Å². The standard InChI is InChI=1S/C28H31O2P/c1-3-30-28(29)23(2)24-14-13-21-31(22-24,25-15-7-4-8-16-25,26-17-9-5-10-18-26)27-19-11-6-12-20-27/h4-12,15-20H,3,13-14,21-22H2,1-2H3/b24-23+. The third-order valence-corrected chi connectivity index (χ3v) is 13.9. The van der Waals surface area contributed by atoms with Crippen LogP contribution in [-0.4, -0.2) is 24.9 Å². The van der Waals surface area contributed by atoms with Crippen molar-refractivity contribution < 1.29 is 9.53 Å². The Morgan fingerprint density at radius 1 is 0.806 bits per heavy atom. The zero-order valence-corrected chi connectivity index (χ0v) is 19.4. The maximum atomic E-state index is 12.7. The van der Waals surface area contributed by atoms with Gasteiger partial charge < -0.3 is 0 Å². The Morgan fingerprint density at radius 2 is 1.26 bits per heavy atom. The molecule has 0 unspecified atom stereocenters. The van der Waals surface area contributed by atoms with E-state index < -0.39 is 6.60 Å². The molecule has 0 aromatic heterocycles. The molecule has 0 spiro atoms. The third-order valence-electron chi connectivity index (χ3n) is 6.92. The third kappa shape index (κ3) is 3.54. The van der Waals surface area contributed by atoms with E-state index in [1.807, 2.05) is 13.8 Å². The Balaban J connectivity index is 2.07. The Morgan fingerprint density at radius 3 is 1.68 bits per heavy atom. The van der Waals surface area contributed by atoms with Crippen LogP contribution in [0.25, 0.3) is 0 Å². The normalized spacial score (nSPS) is 20.1. The minimum atomic E-state index is -2.84. The number of esters is 1. The molecule has 3 heteroatoms. The van der Waals surface area contributed by atoms with Gasteiger partial charge in [-0.05, 0) is 0 Å². The van der Waals surface area contributed by atoms with E-state index in [0.29, 0.717) is 6.61 Å². The monoisotopic (exact) mass is 430 g/mol. The van der Waals surface area contributed by atoms with Gasteiger partial charge in [-0.3, -0.25) is 0 Å². The molecule has 1 aliphatic heterocycles. The van der Waals surface area contributed by atoms with Crippen LogP contribution in [0.4, 0.5) is 0 Å². The fourth-order valence-corrected chi connectivity index (χ4v) is 12.5. The average molecular weight is 431 g/mol. The molecule has 1 aliphatic rings. The van der Waals surface area contributed by atoms with Crippen LogP contribution in [0.3, 0.4) is 0 Å². The molecule has 0 amide bonds. The predicted octanol–water partition coefficient (Wildman–Crippen LogP) is 5.19. The summed E-state index contributed by atoms with van der Waals surface area (Å²) in [7, 11) is 0. The maximum absolute atomic E-state index is 12.7. The predicted molar refractivity (Wildman–Crippen MR) is 133 cm³/mol. The summed E-state index contributed by atoms with van der Waals surface area (Å²) in [6, 6.07) is 33.1. The summed E-state index contributed by atoms with van der Waals surface area (Å²) in [5.74, 6) is -0.176. The van der Waals surface area contributed by atoms with E-state index in [9.17, 15) is 4.79 Å². The zero-order valence-electron chi connectivity index (χ0n) is 18.5. The molecule has 0 saturated carbocycles. The fraction of sp³-hybridized carbons (Fsp3) is 0.250. The first-order chi connectivity index (χ1) is 15.1. The van der Waals surface area contributed by atoms with Crippen LogP contribution in [0.15, 0.2) is 102 Å². The van der Waals surface area contributed by atoms with Gasteiger partial charge in [0.15, 0.2) is 0 Å². The molecule has 0 aliphatic carbocycles. The molecule has 1 heterocycles. The first-order valence-corrected chi connectivity index (χ1v) is 13.8. The van der Waals surface area contributed by atoms with Crippen molar-refractivity contribution in [2.45, 2.75) is 26.7 Å². The second kappa shape index (κ2) is 8.81. The van der Waals surface area contributed by atoms with Gasteiger partial charge in [-0.1, -0.05) is 0 Å². The second-order valence-electron chi connectivity index (χ2n) is 8.45. The van der Waals surface area contributed by atoms with E-state index in [0.717, 1.165) is 30.7 Å². The Bertz CT molecular complexity index is 972. The van der Waals surface area contributed by atoms with E-state index in [1.165, 1.54) is 21.5 Å². The quantitative estimate of drug-likeness (QED) is 0.316. The molecule has 31 heavy (non-hydrogen) atoms. The number of hydrogen-bond acceptors (Lipinski definition) is 2. The molecule has 1 saturated heterocycles. The summed E-state index contributed by atoms with van der Waals surface area (Å²) < 4.78 is 5.39. The van der Waals surface area contributed by atoms with Crippen molar-refractivity contribution in [2.24, 2.45) is 0 Å². The molecule has 2 nitrogen and oxygen atoms in total. The van der Waals surface area contributed by atoms with Crippen molar-refractivity contribution in [3.63, 3.8) is 0 Å². The number of carbonyl (C=O) groups excluding carboxylic acids is 1. The summed E-state index contributed by atoms with van der Waals surface area (Å²) in [4.78, 5) is 12.7. The number of carbonyl (C=O) groups is 1. The van der Waals surface area contributed by atoms with Gasteiger partial charge in [-0.2, -0.15) is 0 Å². The van der Waals surface area contributed by atoms with Gasteiger partial charge in [0, 0.05) is 0 Å². The molecular weight excluding hydrogens is 399 g/mol. The van der Waals surface area contributed by atoms with E-state index >= 15 is 0 Å². The summed E-state index contributed by atoms with van der Waals surface area (Å²) in [5, 5.41) is 4.21. The first-order valence-electron chi connectivity index (χ1n) is 11.1.